The maximum atomic E-state index is 11.3. The van der Waals surface area contributed by atoms with Crippen LogP contribution in [-0.2, 0) is 17.6 Å². The molecule has 1 aliphatic rings. The number of hydrogen-bond acceptors (Lipinski definition) is 1. The summed E-state index contributed by atoms with van der Waals surface area (Å²) < 4.78 is 0. The van der Waals surface area contributed by atoms with Gasteiger partial charge < -0.3 is 0 Å². The molecule has 1 aliphatic carbocycles. The maximum Gasteiger partial charge on any atom is 0.136 e. The predicted molar refractivity (Wildman–Crippen MR) is 62.2 cm³/mol. The van der Waals surface area contributed by atoms with E-state index in [1.165, 1.54) is 42.4 Å². The predicted octanol–water partition coefficient (Wildman–Crippen LogP) is 3.26. The number of carbonyl (C=O) groups excluding carboxylic acids is 1. The molecule has 0 bridgehead atoms. The Kier molecular flexibility index (Phi) is 2.90. The molecule has 0 aliphatic heterocycles. The second kappa shape index (κ2) is 4.18. The van der Waals surface area contributed by atoms with E-state index < -0.39 is 0 Å². The van der Waals surface area contributed by atoms with E-state index in [-0.39, 0.29) is 11.7 Å². The monoisotopic (exact) mass is 202 g/mol. The minimum absolute atomic E-state index is 0.0530. The molecule has 1 aromatic carbocycles. The van der Waals surface area contributed by atoms with Crippen molar-refractivity contribution in [3.8, 4) is 0 Å². The molecule has 0 saturated carbocycles. The van der Waals surface area contributed by atoms with Crippen molar-refractivity contribution in [2.75, 3.05) is 0 Å². The quantitative estimate of drug-likeness (QED) is 0.719. The fraction of sp³-hybridized carbons (Fsp3) is 0.500. The van der Waals surface area contributed by atoms with E-state index in [4.69, 9.17) is 0 Å². The number of benzene rings is 1. The molecule has 80 valence electrons. The van der Waals surface area contributed by atoms with Gasteiger partial charge in [0.2, 0.25) is 0 Å². The van der Waals surface area contributed by atoms with Gasteiger partial charge in [-0.05, 0) is 49.3 Å². The number of carbonyl (C=O) groups is 1. The van der Waals surface area contributed by atoms with Gasteiger partial charge in [0, 0.05) is 5.92 Å². The highest BCUT2D eigenvalue weighted by Crippen LogP contribution is 2.25. The molecule has 2 rings (SSSR count). The van der Waals surface area contributed by atoms with Crippen LogP contribution in [0.2, 0.25) is 0 Å². The second-order valence-corrected chi connectivity index (χ2v) is 4.57. The molecule has 0 N–H and O–H groups in total. The molecule has 0 amide bonds. The van der Waals surface area contributed by atoms with Crippen molar-refractivity contribution in [1.82, 2.24) is 0 Å². The third-order valence-electron chi connectivity index (χ3n) is 3.48. The Morgan fingerprint density at radius 1 is 1.20 bits per heavy atom. The van der Waals surface area contributed by atoms with Gasteiger partial charge in [-0.2, -0.15) is 0 Å². The normalized spacial score (nSPS) is 16.9. The van der Waals surface area contributed by atoms with Crippen LogP contribution in [0.25, 0.3) is 0 Å². The number of hydrogen-bond donors (Lipinski definition) is 0. The van der Waals surface area contributed by atoms with Crippen LogP contribution in [0.3, 0.4) is 0 Å². The van der Waals surface area contributed by atoms with E-state index in [9.17, 15) is 4.79 Å². The first-order valence-corrected chi connectivity index (χ1v) is 5.80. The van der Waals surface area contributed by atoms with Crippen LogP contribution in [0, 0.1) is 0 Å². The number of rotatable bonds is 2. The molecule has 0 fully saturated rings. The van der Waals surface area contributed by atoms with Gasteiger partial charge in [-0.1, -0.05) is 25.1 Å². The summed E-state index contributed by atoms with van der Waals surface area (Å²) in [6.45, 7) is 3.66. The zero-order valence-corrected chi connectivity index (χ0v) is 9.55. The van der Waals surface area contributed by atoms with Crippen LogP contribution < -0.4 is 0 Å². The Balaban J connectivity index is 2.31. The average Bonchev–Trinajstić information content (AvgIpc) is 2.27. The van der Waals surface area contributed by atoms with Crippen LogP contribution in [0.4, 0.5) is 0 Å². The van der Waals surface area contributed by atoms with Gasteiger partial charge >= 0.3 is 0 Å². The van der Waals surface area contributed by atoms with Crippen molar-refractivity contribution in [1.29, 1.82) is 0 Å². The van der Waals surface area contributed by atoms with Crippen LogP contribution in [0.5, 0.6) is 0 Å². The van der Waals surface area contributed by atoms with Crippen molar-refractivity contribution < 1.29 is 4.79 Å². The molecule has 0 heterocycles. The zero-order chi connectivity index (χ0) is 10.8. The first-order valence-electron chi connectivity index (χ1n) is 5.80. The first kappa shape index (κ1) is 10.4. The lowest BCUT2D eigenvalue weighted by Gasteiger charge is -2.18. The highest BCUT2D eigenvalue weighted by Gasteiger charge is 2.14. The molecule has 1 heteroatoms. The summed E-state index contributed by atoms with van der Waals surface area (Å²) in [6, 6.07) is 6.57. The molecule has 15 heavy (non-hydrogen) atoms. The largest absolute Gasteiger partial charge is 0.299 e. The lowest BCUT2D eigenvalue weighted by molar-refractivity contribution is -0.118. The number of ketones is 1. The van der Waals surface area contributed by atoms with E-state index in [1.807, 2.05) is 6.92 Å². The summed E-state index contributed by atoms with van der Waals surface area (Å²) in [5.41, 5.74) is 4.13. The molecule has 1 nitrogen and oxygen atoms in total. The average molecular weight is 202 g/mol. The van der Waals surface area contributed by atoms with E-state index in [1.54, 1.807) is 6.92 Å². The topological polar surface area (TPSA) is 17.1 Å². The molecule has 1 aromatic rings. The Labute approximate surface area is 91.5 Å². The Bertz CT molecular complexity index is 379. The fourth-order valence-corrected chi connectivity index (χ4v) is 2.26. The minimum Gasteiger partial charge on any atom is -0.299 e. The zero-order valence-electron chi connectivity index (χ0n) is 9.55. The lowest BCUT2D eigenvalue weighted by Crippen LogP contribution is -2.08. The minimum atomic E-state index is 0.0530. The number of fused-ring (bicyclic) bond motifs is 1. The van der Waals surface area contributed by atoms with Crippen molar-refractivity contribution >= 4 is 5.78 Å². The SMILES string of the molecule is CC(=O)C(C)c1ccc2c(c1)CCCC2. The van der Waals surface area contributed by atoms with Gasteiger partial charge in [0.1, 0.15) is 5.78 Å². The van der Waals surface area contributed by atoms with Gasteiger partial charge in [0.05, 0.1) is 0 Å². The highest BCUT2D eigenvalue weighted by molar-refractivity contribution is 5.82. The smallest absolute Gasteiger partial charge is 0.136 e. The molecule has 0 radical (unpaired) electrons. The van der Waals surface area contributed by atoms with E-state index in [0.29, 0.717) is 0 Å². The maximum absolute atomic E-state index is 11.3. The van der Waals surface area contributed by atoms with E-state index >= 15 is 0 Å². The summed E-state index contributed by atoms with van der Waals surface area (Å²) in [6.07, 6.45) is 5.01. The molecule has 0 aromatic heterocycles. The van der Waals surface area contributed by atoms with Gasteiger partial charge in [0.25, 0.3) is 0 Å². The molecular weight excluding hydrogens is 184 g/mol. The summed E-state index contributed by atoms with van der Waals surface area (Å²) in [7, 11) is 0. The van der Waals surface area contributed by atoms with E-state index in [0.717, 1.165) is 0 Å². The van der Waals surface area contributed by atoms with Gasteiger partial charge in [-0.25, -0.2) is 0 Å². The van der Waals surface area contributed by atoms with Gasteiger partial charge in [-0.3, -0.25) is 4.79 Å². The second-order valence-electron chi connectivity index (χ2n) is 4.57. The van der Waals surface area contributed by atoms with Crippen molar-refractivity contribution in [2.45, 2.75) is 45.4 Å². The molecule has 1 atom stereocenters. The number of Topliss-reactive ketones (excluding diaryl/α,β-unsaturated/α-hetero) is 1. The summed E-state index contributed by atoms with van der Waals surface area (Å²) in [5.74, 6) is 0.308. The van der Waals surface area contributed by atoms with Crippen molar-refractivity contribution in [2.24, 2.45) is 0 Å². The van der Waals surface area contributed by atoms with Crippen LogP contribution >= 0.6 is 0 Å². The highest BCUT2D eigenvalue weighted by atomic mass is 16.1. The van der Waals surface area contributed by atoms with Crippen molar-refractivity contribution in [3.63, 3.8) is 0 Å². The first-order chi connectivity index (χ1) is 7.18. The summed E-state index contributed by atoms with van der Waals surface area (Å²) in [4.78, 5) is 11.3. The number of aryl methyl sites for hydroxylation is 2. The molecule has 1 unspecified atom stereocenters. The van der Waals surface area contributed by atoms with Crippen LogP contribution in [0.1, 0.15) is 49.3 Å². The van der Waals surface area contributed by atoms with Crippen molar-refractivity contribution in [3.05, 3.63) is 34.9 Å². The third-order valence-corrected chi connectivity index (χ3v) is 3.48. The molecular formula is C14H18O. The lowest BCUT2D eigenvalue weighted by atomic mass is 9.87. The van der Waals surface area contributed by atoms with E-state index in [2.05, 4.69) is 18.2 Å². The van der Waals surface area contributed by atoms with Gasteiger partial charge in [0.15, 0.2) is 0 Å². The summed E-state index contributed by atoms with van der Waals surface area (Å²) in [5, 5.41) is 0. The Hall–Kier alpha value is -1.11. The fourth-order valence-electron chi connectivity index (χ4n) is 2.26. The van der Waals surface area contributed by atoms with Crippen LogP contribution in [-0.4, -0.2) is 5.78 Å². The standard InChI is InChI=1S/C14H18O/c1-10(11(2)15)13-8-7-12-5-3-4-6-14(12)9-13/h7-10H,3-6H2,1-2H3. The van der Waals surface area contributed by atoms with Gasteiger partial charge in [-0.15, -0.1) is 0 Å². The molecule has 0 spiro atoms. The Morgan fingerprint density at radius 2 is 1.87 bits per heavy atom. The third kappa shape index (κ3) is 2.11. The summed E-state index contributed by atoms with van der Waals surface area (Å²) >= 11 is 0. The molecule has 0 saturated heterocycles. The Morgan fingerprint density at radius 3 is 2.53 bits per heavy atom. The van der Waals surface area contributed by atoms with Crippen LogP contribution in [0.15, 0.2) is 18.2 Å².